The molecule has 0 aromatic heterocycles. The van der Waals surface area contributed by atoms with E-state index in [1.165, 1.54) is 0 Å². The Hall–Kier alpha value is -0.440. The Kier molecular flexibility index (Phi) is 3.87. The largest absolute Gasteiger partial charge is 0.444 e. The number of hydrogen-bond donors (Lipinski definition) is 0. The number of piperidine rings is 1. The second kappa shape index (κ2) is 4.60. The number of carbonyl (C=O) groups is 1. The van der Waals surface area contributed by atoms with Crippen LogP contribution in [0.25, 0.3) is 0 Å². The van der Waals surface area contributed by atoms with Crippen molar-refractivity contribution < 1.29 is 9.53 Å². The Bertz CT molecular complexity index is 237. The molecule has 0 bridgehead atoms. The molecule has 1 aliphatic rings. The van der Waals surface area contributed by atoms with Crippen LogP contribution in [0.2, 0.25) is 0 Å². The fourth-order valence-corrected chi connectivity index (χ4v) is 1.81. The van der Waals surface area contributed by atoms with E-state index in [1.807, 2.05) is 20.8 Å². The van der Waals surface area contributed by atoms with Crippen molar-refractivity contribution in [3.05, 3.63) is 0 Å². The fourth-order valence-electron chi connectivity index (χ4n) is 1.51. The van der Waals surface area contributed by atoms with Crippen LogP contribution in [-0.4, -0.2) is 35.1 Å². The third-order valence-electron chi connectivity index (χ3n) is 2.52. The Morgan fingerprint density at radius 2 is 2.07 bits per heavy atom. The van der Waals surface area contributed by atoms with Crippen LogP contribution in [0.4, 0.5) is 4.79 Å². The molecule has 1 fully saturated rings. The maximum absolute atomic E-state index is 11.7. The number of likely N-dealkylation sites (tertiary alicyclic amines) is 1. The molecule has 4 heteroatoms. The van der Waals surface area contributed by atoms with E-state index in [9.17, 15) is 4.79 Å². The van der Waals surface area contributed by atoms with Crippen LogP contribution in [-0.2, 0) is 4.74 Å². The lowest BCUT2D eigenvalue weighted by Gasteiger charge is -2.35. The second-order valence-electron chi connectivity index (χ2n) is 5.21. The van der Waals surface area contributed by atoms with Gasteiger partial charge in [0, 0.05) is 13.1 Å². The molecule has 0 aromatic rings. The molecule has 1 amide bonds. The summed E-state index contributed by atoms with van der Waals surface area (Å²) in [6, 6.07) is 0. The van der Waals surface area contributed by atoms with Gasteiger partial charge in [0.2, 0.25) is 0 Å². The number of halogens is 1. The summed E-state index contributed by atoms with van der Waals surface area (Å²) in [6.45, 7) is 9.07. The highest BCUT2D eigenvalue weighted by Gasteiger charge is 2.30. The topological polar surface area (TPSA) is 29.5 Å². The lowest BCUT2D eigenvalue weighted by atomic mass is 9.99. The third kappa shape index (κ3) is 3.90. The molecule has 0 radical (unpaired) electrons. The molecule has 1 aliphatic heterocycles. The van der Waals surface area contributed by atoms with Gasteiger partial charge in [-0.3, -0.25) is 0 Å². The summed E-state index contributed by atoms with van der Waals surface area (Å²) >= 11 is 6.13. The summed E-state index contributed by atoms with van der Waals surface area (Å²) in [4.78, 5) is 13.4. The van der Waals surface area contributed by atoms with Crippen LogP contribution < -0.4 is 0 Å². The average Bonchev–Trinajstić information content (AvgIpc) is 2.06. The van der Waals surface area contributed by atoms with Crippen molar-refractivity contribution in [2.24, 2.45) is 5.92 Å². The molecular weight excluding hydrogens is 214 g/mol. The minimum atomic E-state index is -0.429. The van der Waals surface area contributed by atoms with Gasteiger partial charge >= 0.3 is 6.09 Å². The van der Waals surface area contributed by atoms with Gasteiger partial charge in [-0.1, -0.05) is 6.92 Å². The van der Waals surface area contributed by atoms with Gasteiger partial charge in [-0.15, -0.1) is 11.6 Å². The highest BCUT2D eigenvalue weighted by Crippen LogP contribution is 2.23. The maximum Gasteiger partial charge on any atom is 0.410 e. The lowest BCUT2D eigenvalue weighted by molar-refractivity contribution is 0.0194. The van der Waals surface area contributed by atoms with Crippen molar-refractivity contribution in [2.75, 3.05) is 13.1 Å². The van der Waals surface area contributed by atoms with Gasteiger partial charge in [-0.2, -0.15) is 0 Å². The molecule has 2 atom stereocenters. The van der Waals surface area contributed by atoms with Crippen LogP contribution in [0.15, 0.2) is 0 Å². The van der Waals surface area contributed by atoms with Gasteiger partial charge in [-0.05, 0) is 33.1 Å². The SMILES string of the molecule is CC1CCN(C(=O)OC(C)(C)C)CC1Cl. The molecule has 2 unspecified atom stereocenters. The molecule has 1 heterocycles. The summed E-state index contributed by atoms with van der Waals surface area (Å²) in [7, 11) is 0. The van der Waals surface area contributed by atoms with Crippen LogP contribution in [0.3, 0.4) is 0 Å². The predicted molar refractivity (Wildman–Crippen MR) is 61.2 cm³/mol. The lowest BCUT2D eigenvalue weighted by Crippen LogP contribution is -2.45. The van der Waals surface area contributed by atoms with Crippen LogP contribution in [0.5, 0.6) is 0 Å². The van der Waals surface area contributed by atoms with Gasteiger partial charge in [0.15, 0.2) is 0 Å². The number of alkyl halides is 1. The number of rotatable bonds is 0. The van der Waals surface area contributed by atoms with Gasteiger partial charge in [-0.25, -0.2) is 4.79 Å². The zero-order valence-electron chi connectivity index (χ0n) is 9.92. The molecule has 1 rings (SSSR count). The third-order valence-corrected chi connectivity index (χ3v) is 3.09. The van der Waals surface area contributed by atoms with E-state index in [2.05, 4.69) is 6.92 Å². The van der Waals surface area contributed by atoms with E-state index < -0.39 is 5.60 Å². The summed E-state index contributed by atoms with van der Waals surface area (Å²) in [5.41, 5.74) is -0.429. The van der Waals surface area contributed by atoms with Crippen molar-refractivity contribution in [3.63, 3.8) is 0 Å². The van der Waals surface area contributed by atoms with Crippen LogP contribution in [0.1, 0.15) is 34.1 Å². The molecule has 15 heavy (non-hydrogen) atoms. The summed E-state index contributed by atoms with van der Waals surface area (Å²) < 4.78 is 5.29. The number of hydrogen-bond acceptors (Lipinski definition) is 2. The van der Waals surface area contributed by atoms with E-state index in [0.717, 1.165) is 13.0 Å². The normalized spacial score (nSPS) is 27.7. The highest BCUT2D eigenvalue weighted by atomic mass is 35.5. The van der Waals surface area contributed by atoms with Crippen molar-refractivity contribution in [2.45, 2.75) is 45.1 Å². The molecular formula is C11H20ClNO2. The number of nitrogens with zero attached hydrogens (tertiary/aromatic N) is 1. The van der Waals surface area contributed by atoms with Crippen molar-refractivity contribution in [1.82, 2.24) is 4.90 Å². The van der Waals surface area contributed by atoms with Crippen molar-refractivity contribution in [1.29, 1.82) is 0 Å². The van der Waals surface area contributed by atoms with Gasteiger partial charge < -0.3 is 9.64 Å². The second-order valence-corrected chi connectivity index (χ2v) is 5.77. The molecule has 3 nitrogen and oxygen atoms in total. The first-order valence-electron chi connectivity index (χ1n) is 5.41. The minimum Gasteiger partial charge on any atom is -0.444 e. The zero-order chi connectivity index (χ0) is 11.6. The quantitative estimate of drug-likeness (QED) is 0.602. The van der Waals surface area contributed by atoms with Gasteiger partial charge in [0.25, 0.3) is 0 Å². The average molecular weight is 234 g/mol. The summed E-state index contributed by atoms with van der Waals surface area (Å²) in [5, 5.41) is 0.0475. The highest BCUT2D eigenvalue weighted by molar-refractivity contribution is 6.21. The molecule has 0 spiro atoms. The standard InChI is InChI=1S/C11H20ClNO2/c1-8-5-6-13(7-9(8)12)10(14)15-11(2,3)4/h8-9H,5-7H2,1-4H3. The maximum atomic E-state index is 11.7. The number of ether oxygens (including phenoxy) is 1. The molecule has 88 valence electrons. The molecule has 0 N–H and O–H groups in total. The van der Waals surface area contributed by atoms with E-state index in [-0.39, 0.29) is 11.5 Å². The molecule has 1 saturated heterocycles. The van der Waals surface area contributed by atoms with Crippen LogP contribution >= 0.6 is 11.6 Å². The van der Waals surface area contributed by atoms with Crippen LogP contribution in [0, 0.1) is 5.92 Å². The Morgan fingerprint density at radius 1 is 1.47 bits per heavy atom. The first-order valence-corrected chi connectivity index (χ1v) is 5.85. The van der Waals surface area contributed by atoms with Crippen molar-refractivity contribution in [3.8, 4) is 0 Å². The van der Waals surface area contributed by atoms with Gasteiger partial charge in [0.05, 0.1) is 5.38 Å². The molecule has 0 aliphatic carbocycles. The van der Waals surface area contributed by atoms with E-state index >= 15 is 0 Å². The van der Waals surface area contributed by atoms with Gasteiger partial charge in [0.1, 0.15) is 5.60 Å². The Balaban J connectivity index is 2.48. The zero-order valence-corrected chi connectivity index (χ0v) is 10.7. The summed E-state index contributed by atoms with van der Waals surface area (Å²) in [5.74, 6) is 0.477. The van der Waals surface area contributed by atoms with E-state index in [4.69, 9.17) is 16.3 Å². The predicted octanol–water partition coefficient (Wildman–Crippen LogP) is 2.87. The smallest absolute Gasteiger partial charge is 0.410 e. The molecule has 0 aromatic carbocycles. The van der Waals surface area contributed by atoms with E-state index in [0.29, 0.717) is 12.5 Å². The number of carbonyl (C=O) groups excluding carboxylic acids is 1. The first kappa shape index (κ1) is 12.6. The first-order chi connectivity index (χ1) is 6.79. The van der Waals surface area contributed by atoms with Crippen molar-refractivity contribution >= 4 is 17.7 Å². The fraction of sp³-hybridized carbons (Fsp3) is 0.909. The Labute approximate surface area is 96.7 Å². The van der Waals surface area contributed by atoms with E-state index in [1.54, 1.807) is 4.90 Å². The number of amides is 1. The Morgan fingerprint density at radius 3 is 2.53 bits per heavy atom. The monoisotopic (exact) mass is 233 g/mol. The summed E-state index contributed by atoms with van der Waals surface area (Å²) in [6.07, 6.45) is 0.702. The minimum absolute atomic E-state index is 0.0475. The molecule has 0 saturated carbocycles.